The van der Waals surface area contributed by atoms with E-state index in [-0.39, 0.29) is 5.56 Å². The number of carboxylic acid groups (broad SMARTS) is 1. The van der Waals surface area contributed by atoms with Crippen molar-refractivity contribution in [1.82, 2.24) is 4.98 Å². The molecule has 0 unspecified atom stereocenters. The van der Waals surface area contributed by atoms with E-state index in [4.69, 9.17) is 14.6 Å². The molecule has 112 valence electrons. The molecular weight excluding hydrogens is 358 g/mol. The highest BCUT2D eigenvalue weighted by Crippen LogP contribution is 2.36. The third-order valence-electron chi connectivity index (χ3n) is 2.90. The van der Waals surface area contributed by atoms with Gasteiger partial charge in [0.2, 0.25) is 0 Å². The molecule has 2 aromatic rings. The number of halogens is 1. The van der Waals surface area contributed by atoms with Crippen molar-refractivity contribution in [2.24, 2.45) is 0 Å². The Kier molecular flexibility index (Phi) is 5.19. The summed E-state index contributed by atoms with van der Waals surface area (Å²) >= 11 is 4.92. The van der Waals surface area contributed by atoms with Gasteiger partial charge in [0.1, 0.15) is 0 Å². The lowest BCUT2D eigenvalue weighted by Gasteiger charge is -2.13. The molecule has 0 fully saturated rings. The molecule has 1 N–H and O–H groups in total. The van der Waals surface area contributed by atoms with E-state index >= 15 is 0 Å². The van der Waals surface area contributed by atoms with Crippen molar-refractivity contribution in [2.45, 2.75) is 13.3 Å². The van der Waals surface area contributed by atoms with E-state index in [1.54, 1.807) is 11.3 Å². The molecule has 2 rings (SSSR count). The smallest absolute Gasteiger partial charge is 0.335 e. The number of aryl methyl sites for hydroxylation is 1. The molecule has 7 heteroatoms. The van der Waals surface area contributed by atoms with Crippen LogP contribution in [-0.4, -0.2) is 29.8 Å². The van der Waals surface area contributed by atoms with Crippen molar-refractivity contribution < 1.29 is 19.4 Å². The predicted octanol–water partition coefficient (Wildman–Crippen LogP) is 3.54. The van der Waals surface area contributed by atoms with Crippen molar-refractivity contribution in [1.29, 1.82) is 0 Å². The highest BCUT2D eigenvalue weighted by atomic mass is 79.9. The molecular formula is C14H14BrNO4S. The van der Waals surface area contributed by atoms with Gasteiger partial charge in [-0.3, -0.25) is 0 Å². The summed E-state index contributed by atoms with van der Waals surface area (Å²) in [7, 11) is 1.48. The fourth-order valence-corrected chi connectivity index (χ4v) is 3.11. The van der Waals surface area contributed by atoms with Crippen molar-refractivity contribution in [3.63, 3.8) is 0 Å². The van der Waals surface area contributed by atoms with Gasteiger partial charge in [0.15, 0.2) is 11.5 Å². The highest BCUT2D eigenvalue weighted by molar-refractivity contribution is 9.10. The Morgan fingerprint density at radius 2 is 2.24 bits per heavy atom. The Hall–Kier alpha value is -1.60. The second-order valence-corrected chi connectivity index (χ2v) is 6.05. The topological polar surface area (TPSA) is 68.7 Å². The number of hydrogen-bond acceptors (Lipinski definition) is 5. The van der Waals surface area contributed by atoms with Crippen LogP contribution in [0.5, 0.6) is 11.5 Å². The summed E-state index contributed by atoms with van der Waals surface area (Å²) in [6.45, 7) is 2.42. The third kappa shape index (κ3) is 3.74. The monoisotopic (exact) mass is 371 g/mol. The molecule has 1 heterocycles. The molecule has 0 aliphatic carbocycles. The fraction of sp³-hybridized carbons (Fsp3) is 0.286. The van der Waals surface area contributed by atoms with Crippen molar-refractivity contribution >= 4 is 33.2 Å². The SMILES string of the molecule is COc1cc(C(=O)O)cc(Br)c1OCCc1scnc1C. The first-order chi connectivity index (χ1) is 10.0. The zero-order chi connectivity index (χ0) is 15.4. The van der Waals surface area contributed by atoms with E-state index in [2.05, 4.69) is 20.9 Å². The van der Waals surface area contributed by atoms with Crippen molar-refractivity contribution in [3.8, 4) is 11.5 Å². The first-order valence-corrected chi connectivity index (χ1v) is 7.82. The lowest BCUT2D eigenvalue weighted by Crippen LogP contribution is -2.05. The lowest BCUT2D eigenvalue weighted by atomic mass is 10.2. The molecule has 0 aliphatic rings. The number of carboxylic acids is 1. The first-order valence-electron chi connectivity index (χ1n) is 6.15. The van der Waals surface area contributed by atoms with Crippen LogP contribution in [0.25, 0.3) is 0 Å². The Bertz CT molecular complexity index is 656. The van der Waals surface area contributed by atoms with Crippen LogP contribution >= 0.6 is 27.3 Å². The summed E-state index contributed by atoms with van der Waals surface area (Å²) in [4.78, 5) is 16.4. The van der Waals surface area contributed by atoms with Crippen LogP contribution in [-0.2, 0) is 6.42 Å². The molecule has 0 bridgehead atoms. The maximum absolute atomic E-state index is 11.0. The minimum absolute atomic E-state index is 0.143. The van der Waals surface area contributed by atoms with E-state index in [0.717, 1.165) is 12.1 Å². The van der Waals surface area contributed by atoms with E-state index in [9.17, 15) is 4.79 Å². The van der Waals surface area contributed by atoms with Gasteiger partial charge in [-0.2, -0.15) is 0 Å². The Balaban J connectivity index is 2.12. The van der Waals surface area contributed by atoms with Crippen LogP contribution < -0.4 is 9.47 Å². The standard InChI is InChI=1S/C14H14BrNO4S/c1-8-12(21-7-16-8)3-4-20-13-10(15)5-9(14(17)18)6-11(13)19-2/h5-7H,3-4H2,1-2H3,(H,17,18). The number of nitrogens with zero attached hydrogens (tertiary/aromatic N) is 1. The molecule has 0 atom stereocenters. The minimum Gasteiger partial charge on any atom is -0.493 e. The molecule has 0 saturated heterocycles. The molecule has 5 nitrogen and oxygen atoms in total. The summed E-state index contributed by atoms with van der Waals surface area (Å²) in [6.07, 6.45) is 0.743. The molecule has 0 radical (unpaired) electrons. The van der Waals surface area contributed by atoms with Crippen LogP contribution in [0, 0.1) is 6.92 Å². The second kappa shape index (κ2) is 6.91. The van der Waals surface area contributed by atoms with Crippen molar-refractivity contribution in [3.05, 3.63) is 38.3 Å². The van der Waals surface area contributed by atoms with Crippen LogP contribution in [0.15, 0.2) is 22.1 Å². The predicted molar refractivity (Wildman–Crippen MR) is 83.7 cm³/mol. The van der Waals surface area contributed by atoms with Gasteiger partial charge in [-0.25, -0.2) is 9.78 Å². The zero-order valence-electron chi connectivity index (χ0n) is 11.6. The van der Waals surface area contributed by atoms with Gasteiger partial charge < -0.3 is 14.6 Å². The van der Waals surface area contributed by atoms with E-state index < -0.39 is 5.97 Å². The van der Waals surface area contributed by atoms with Gasteiger partial charge in [-0.05, 0) is 35.0 Å². The normalized spacial score (nSPS) is 10.4. The number of rotatable bonds is 6. The first kappa shape index (κ1) is 15.8. The molecule has 1 aromatic heterocycles. The van der Waals surface area contributed by atoms with Gasteiger partial charge in [-0.1, -0.05) is 0 Å². The van der Waals surface area contributed by atoms with E-state index in [0.29, 0.717) is 22.6 Å². The largest absolute Gasteiger partial charge is 0.493 e. The van der Waals surface area contributed by atoms with Crippen LogP contribution in [0.1, 0.15) is 20.9 Å². The van der Waals surface area contributed by atoms with E-state index in [1.165, 1.54) is 24.1 Å². The van der Waals surface area contributed by atoms with Gasteiger partial charge in [0, 0.05) is 11.3 Å². The number of thiazole rings is 1. The minimum atomic E-state index is -1.01. The number of carbonyl (C=O) groups is 1. The molecule has 0 aliphatic heterocycles. The van der Waals surface area contributed by atoms with Gasteiger partial charge in [0.25, 0.3) is 0 Å². The quantitative estimate of drug-likeness (QED) is 0.840. The molecule has 0 saturated carbocycles. The van der Waals surface area contributed by atoms with E-state index in [1.807, 2.05) is 12.4 Å². The van der Waals surface area contributed by atoms with Gasteiger partial charge >= 0.3 is 5.97 Å². The summed E-state index contributed by atoms with van der Waals surface area (Å²) in [5, 5.41) is 9.03. The Labute approximate surface area is 134 Å². The average Bonchev–Trinajstić information content (AvgIpc) is 2.85. The van der Waals surface area contributed by atoms with Crippen LogP contribution in [0.2, 0.25) is 0 Å². The van der Waals surface area contributed by atoms with Crippen LogP contribution in [0.4, 0.5) is 0 Å². The number of aromatic carboxylic acids is 1. The summed E-state index contributed by atoms with van der Waals surface area (Å²) < 4.78 is 11.5. The van der Waals surface area contributed by atoms with Gasteiger partial charge in [-0.15, -0.1) is 11.3 Å². The maximum Gasteiger partial charge on any atom is 0.335 e. The fourth-order valence-electron chi connectivity index (χ4n) is 1.80. The number of benzene rings is 1. The number of hydrogen-bond donors (Lipinski definition) is 1. The van der Waals surface area contributed by atoms with Gasteiger partial charge in [0.05, 0.1) is 35.0 Å². The van der Waals surface area contributed by atoms with Crippen molar-refractivity contribution in [2.75, 3.05) is 13.7 Å². The molecule has 0 amide bonds. The second-order valence-electron chi connectivity index (χ2n) is 4.25. The molecule has 0 spiro atoms. The number of methoxy groups -OCH3 is 1. The Morgan fingerprint density at radius 3 is 2.81 bits per heavy atom. The average molecular weight is 372 g/mol. The summed E-state index contributed by atoms with van der Waals surface area (Å²) in [6, 6.07) is 2.94. The highest BCUT2D eigenvalue weighted by Gasteiger charge is 2.15. The maximum atomic E-state index is 11.0. The molecule has 21 heavy (non-hydrogen) atoms. The zero-order valence-corrected chi connectivity index (χ0v) is 14.0. The Morgan fingerprint density at radius 1 is 1.48 bits per heavy atom. The van der Waals surface area contributed by atoms with Crippen LogP contribution in [0.3, 0.4) is 0 Å². The lowest BCUT2D eigenvalue weighted by molar-refractivity contribution is 0.0696. The third-order valence-corrected chi connectivity index (χ3v) is 4.48. The number of aromatic nitrogens is 1. The molecule has 1 aromatic carbocycles. The summed E-state index contributed by atoms with van der Waals surface area (Å²) in [5.41, 5.74) is 2.96. The summed E-state index contributed by atoms with van der Waals surface area (Å²) in [5.74, 6) is -0.117. The number of ether oxygens (including phenoxy) is 2.